The fourth-order valence-electron chi connectivity index (χ4n) is 5.53. The maximum absolute atomic E-state index is 11.5. The Morgan fingerprint density at radius 1 is 1.02 bits per heavy atom. The minimum atomic E-state index is -0.207. The molecule has 0 spiro atoms. The van der Waals surface area contributed by atoms with Crippen LogP contribution in [0.4, 0.5) is 0 Å². The van der Waals surface area contributed by atoms with Gasteiger partial charge in [-0.2, -0.15) is 0 Å². The van der Waals surface area contributed by atoms with Crippen LogP contribution in [-0.2, 0) is 20.9 Å². The fourth-order valence-corrected chi connectivity index (χ4v) is 6.06. The van der Waals surface area contributed by atoms with Crippen molar-refractivity contribution in [3.05, 3.63) is 57.9 Å². The molecule has 1 N–H and O–H groups in total. The largest absolute Gasteiger partial charge is 0.469 e. The number of pyridine rings is 1. The number of methoxy groups -OCH3 is 1. The summed E-state index contributed by atoms with van der Waals surface area (Å²) >= 11 is 12.7. The van der Waals surface area contributed by atoms with E-state index in [0.29, 0.717) is 65.3 Å². The Kier molecular flexibility index (Phi) is 13.4. The van der Waals surface area contributed by atoms with E-state index >= 15 is 0 Å². The van der Waals surface area contributed by atoms with Gasteiger partial charge in [0.05, 0.1) is 25.4 Å². The van der Waals surface area contributed by atoms with Crippen molar-refractivity contribution < 1.29 is 19.1 Å². The van der Waals surface area contributed by atoms with Crippen molar-refractivity contribution in [3.8, 4) is 17.1 Å². The first kappa shape index (κ1) is 35.3. The van der Waals surface area contributed by atoms with Crippen LogP contribution in [0.15, 0.2) is 52.3 Å². The highest BCUT2D eigenvalue weighted by atomic mass is 35.5. The number of nitrogens with one attached hydrogen (secondary N) is 1. The van der Waals surface area contributed by atoms with Gasteiger partial charge in [0.25, 0.3) is 0 Å². The first-order valence-corrected chi connectivity index (χ1v) is 16.2. The van der Waals surface area contributed by atoms with Crippen LogP contribution in [0.2, 0.25) is 10.0 Å². The second-order valence-corrected chi connectivity index (χ2v) is 12.5. The zero-order chi connectivity index (χ0) is 33.1. The number of ether oxygens (including phenoxy) is 2. The lowest BCUT2D eigenvalue weighted by atomic mass is 9.96. The molecule has 2 aliphatic heterocycles. The fraction of sp³-hybridized carbons (Fsp3) is 0.485. The number of hydrogen-bond donors (Lipinski definition) is 1. The number of piperazine rings is 1. The van der Waals surface area contributed by atoms with Gasteiger partial charge in [-0.1, -0.05) is 23.2 Å². The summed E-state index contributed by atoms with van der Waals surface area (Å²) in [6, 6.07) is 9.35. The number of esters is 1. The summed E-state index contributed by atoms with van der Waals surface area (Å²) in [7, 11) is 1.40. The molecule has 248 valence electrons. The van der Waals surface area contributed by atoms with Gasteiger partial charge >= 0.3 is 5.97 Å². The molecule has 3 heterocycles. The second-order valence-electron chi connectivity index (χ2n) is 11.6. The first-order valence-electron chi connectivity index (χ1n) is 15.5. The van der Waals surface area contributed by atoms with Gasteiger partial charge in [0, 0.05) is 74.4 Å². The molecule has 0 saturated carbocycles. The molecule has 0 bridgehead atoms. The lowest BCUT2D eigenvalue weighted by Gasteiger charge is -2.34. The van der Waals surface area contributed by atoms with Gasteiger partial charge in [-0.3, -0.25) is 19.4 Å². The van der Waals surface area contributed by atoms with E-state index in [1.54, 1.807) is 19.2 Å². The number of aromatic nitrogens is 1. The highest BCUT2D eigenvalue weighted by Crippen LogP contribution is 2.30. The molecule has 11 nitrogen and oxygen atoms in total. The van der Waals surface area contributed by atoms with Crippen molar-refractivity contribution >= 4 is 47.8 Å². The molecule has 0 unspecified atom stereocenters. The quantitative estimate of drug-likeness (QED) is 0.156. The Morgan fingerprint density at radius 3 is 2.35 bits per heavy atom. The molecule has 13 heteroatoms. The SMILES string of the molecule is C=NC(=N/C=C(\C)Oc1cc(CN2CCC(CNC(C)=O)CC2)cc(-c2cc(Cl)cc(Cl)c2)n1)N1CCN(CCC(=O)OC)CC1. The lowest BCUT2D eigenvalue weighted by molar-refractivity contribution is -0.141. The standard InChI is InChI=1S/C33H43Cl2N7O4/c1-23(20-38-33(36-3)42-13-11-40(12-14-42)10-7-32(44)45-4)46-31-16-26(15-30(39-31)27-17-28(34)19-29(35)18-27)22-41-8-5-25(6-9-41)21-37-24(2)43/h15-20,25H,3,5-14,21-22H2,1-2,4H3,(H,37,43)/b23-20+,38-33?. The third kappa shape index (κ3) is 11.1. The molecule has 2 aromatic rings. The van der Waals surface area contributed by atoms with Crippen LogP contribution in [0.1, 0.15) is 38.7 Å². The molecule has 0 aliphatic carbocycles. The predicted octanol–water partition coefficient (Wildman–Crippen LogP) is 4.88. The average molecular weight is 673 g/mol. The van der Waals surface area contributed by atoms with Crippen LogP contribution in [0.3, 0.4) is 0 Å². The number of carbonyl (C=O) groups is 2. The highest BCUT2D eigenvalue weighted by Gasteiger charge is 2.21. The predicted molar refractivity (Wildman–Crippen MR) is 182 cm³/mol. The van der Waals surface area contributed by atoms with E-state index in [4.69, 9.17) is 37.7 Å². The third-order valence-electron chi connectivity index (χ3n) is 8.06. The summed E-state index contributed by atoms with van der Waals surface area (Å²) in [4.78, 5) is 43.0. The molecule has 0 radical (unpaired) electrons. The van der Waals surface area contributed by atoms with E-state index in [1.807, 2.05) is 31.2 Å². The molecule has 2 aliphatic rings. The number of amides is 1. The molecular weight excluding hydrogens is 629 g/mol. The summed E-state index contributed by atoms with van der Waals surface area (Å²) in [5.74, 6) is 1.77. The smallest absolute Gasteiger partial charge is 0.306 e. The second kappa shape index (κ2) is 17.4. The summed E-state index contributed by atoms with van der Waals surface area (Å²) in [6.07, 6.45) is 4.04. The monoisotopic (exact) mass is 671 g/mol. The normalized spacial score (nSPS) is 17.1. The maximum atomic E-state index is 11.5. The van der Waals surface area contributed by atoms with E-state index < -0.39 is 0 Å². The number of rotatable bonds is 11. The van der Waals surface area contributed by atoms with Gasteiger partial charge in [-0.15, -0.1) is 0 Å². The number of hydrogen-bond acceptors (Lipinski definition) is 8. The number of halogens is 2. The molecule has 46 heavy (non-hydrogen) atoms. The van der Waals surface area contributed by atoms with Crippen molar-refractivity contribution in [2.24, 2.45) is 15.9 Å². The molecule has 2 saturated heterocycles. The van der Waals surface area contributed by atoms with Crippen LogP contribution < -0.4 is 10.1 Å². The van der Waals surface area contributed by atoms with Gasteiger partial charge in [0.1, 0.15) is 5.76 Å². The van der Waals surface area contributed by atoms with E-state index in [1.165, 1.54) is 7.11 Å². The Hall–Kier alpha value is -3.51. The third-order valence-corrected chi connectivity index (χ3v) is 8.49. The topological polar surface area (TPSA) is 112 Å². The zero-order valence-electron chi connectivity index (χ0n) is 26.8. The van der Waals surface area contributed by atoms with Crippen LogP contribution >= 0.6 is 23.2 Å². The summed E-state index contributed by atoms with van der Waals surface area (Å²) in [6.45, 7) is 14.1. The van der Waals surface area contributed by atoms with Crippen molar-refractivity contribution in [1.82, 2.24) is 25.0 Å². The van der Waals surface area contributed by atoms with E-state index in [-0.39, 0.29) is 11.9 Å². The number of piperidine rings is 1. The summed E-state index contributed by atoms with van der Waals surface area (Å²) in [5.41, 5.74) is 2.54. The molecule has 1 amide bonds. The van der Waals surface area contributed by atoms with Crippen LogP contribution in [-0.4, -0.2) is 104 Å². The zero-order valence-corrected chi connectivity index (χ0v) is 28.3. The molecule has 2 fully saturated rings. The van der Waals surface area contributed by atoms with E-state index in [9.17, 15) is 9.59 Å². The van der Waals surface area contributed by atoms with Crippen LogP contribution in [0.25, 0.3) is 11.3 Å². The number of guanidine groups is 1. The summed E-state index contributed by atoms with van der Waals surface area (Å²) < 4.78 is 10.9. The number of aliphatic imine (C=N–C) groups is 2. The highest BCUT2D eigenvalue weighted by molar-refractivity contribution is 6.35. The van der Waals surface area contributed by atoms with Gasteiger partial charge in [0.2, 0.25) is 17.7 Å². The number of benzene rings is 1. The Morgan fingerprint density at radius 2 is 1.72 bits per heavy atom. The average Bonchev–Trinajstić information content (AvgIpc) is 3.03. The Bertz CT molecular complexity index is 1410. The van der Waals surface area contributed by atoms with Gasteiger partial charge in [-0.25, -0.2) is 15.0 Å². The molecular formula is C33H43Cl2N7O4. The summed E-state index contributed by atoms with van der Waals surface area (Å²) in [5, 5.41) is 4.00. The maximum Gasteiger partial charge on any atom is 0.306 e. The van der Waals surface area contributed by atoms with Gasteiger partial charge < -0.3 is 19.7 Å². The van der Waals surface area contributed by atoms with Crippen molar-refractivity contribution in [2.75, 3.05) is 59.5 Å². The van der Waals surface area contributed by atoms with Crippen LogP contribution in [0.5, 0.6) is 5.88 Å². The van der Waals surface area contributed by atoms with Gasteiger partial charge in [0.15, 0.2) is 0 Å². The number of carbonyl (C=O) groups excluding carboxylic acids is 2. The number of nitrogens with zero attached hydrogens (tertiary/aromatic N) is 6. The Labute approximate surface area is 281 Å². The van der Waals surface area contributed by atoms with Gasteiger partial charge in [-0.05, 0) is 75.3 Å². The van der Waals surface area contributed by atoms with E-state index in [0.717, 1.165) is 63.2 Å². The van der Waals surface area contributed by atoms with Crippen molar-refractivity contribution in [1.29, 1.82) is 0 Å². The lowest BCUT2D eigenvalue weighted by Crippen LogP contribution is -2.48. The number of likely N-dealkylation sites (tertiary alicyclic amines) is 1. The van der Waals surface area contributed by atoms with Crippen molar-refractivity contribution in [3.63, 3.8) is 0 Å². The minimum Gasteiger partial charge on any atom is -0.469 e. The first-order chi connectivity index (χ1) is 22.1. The molecule has 0 atom stereocenters. The molecule has 1 aromatic carbocycles. The molecule has 4 rings (SSSR count). The van der Waals surface area contributed by atoms with Crippen LogP contribution in [0, 0.1) is 5.92 Å². The van der Waals surface area contributed by atoms with E-state index in [2.05, 4.69) is 36.7 Å². The Balaban J connectivity index is 1.45. The van der Waals surface area contributed by atoms with Crippen molar-refractivity contribution in [2.45, 2.75) is 39.7 Å². The minimum absolute atomic E-state index is 0.0133. The number of allylic oxidation sites excluding steroid dienone is 1. The molecule has 1 aromatic heterocycles.